The van der Waals surface area contributed by atoms with Crippen LogP contribution in [0.25, 0.3) is 0 Å². The Kier molecular flexibility index (Phi) is 6.68. The van der Waals surface area contributed by atoms with Crippen molar-refractivity contribution in [2.45, 2.75) is 12.8 Å². The molecular formula is C19H25N5O6S. The van der Waals surface area contributed by atoms with Crippen LogP contribution in [0.1, 0.15) is 18.4 Å². The third-order valence-electron chi connectivity index (χ3n) is 6.03. The minimum absolute atomic E-state index is 0.000430. The van der Waals surface area contributed by atoms with E-state index in [0.717, 1.165) is 10.6 Å². The molecule has 11 nitrogen and oxygen atoms in total. The minimum Gasteiger partial charge on any atom is -0.465 e. The second-order valence-corrected chi connectivity index (χ2v) is 9.73. The van der Waals surface area contributed by atoms with Gasteiger partial charge in [-0.05, 0) is 25.0 Å². The number of sulfonamides is 1. The second-order valence-electron chi connectivity index (χ2n) is 7.76. The summed E-state index contributed by atoms with van der Waals surface area (Å²) in [6, 6.07) is 9.25. The molecule has 2 fully saturated rings. The number of nitrogens with zero attached hydrogens (tertiary/aromatic N) is 4. The Labute approximate surface area is 180 Å². The van der Waals surface area contributed by atoms with E-state index in [1.54, 1.807) is 17.6 Å². The smallest absolute Gasteiger partial charge is 0.407 e. The van der Waals surface area contributed by atoms with Crippen molar-refractivity contribution in [3.8, 4) is 6.07 Å². The molecule has 0 bridgehead atoms. The number of anilines is 1. The molecule has 2 saturated heterocycles. The first-order valence-electron chi connectivity index (χ1n) is 9.87. The first-order valence-corrected chi connectivity index (χ1v) is 11.5. The summed E-state index contributed by atoms with van der Waals surface area (Å²) < 4.78 is 27.6. The van der Waals surface area contributed by atoms with Gasteiger partial charge in [0, 0.05) is 39.3 Å². The van der Waals surface area contributed by atoms with Gasteiger partial charge < -0.3 is 14.9 Å². The van der Waals surface area contributed by atoms with Crippen molar-refractivity contribution in [3.63, 3.8) is 0 Å². The number of para-hydroxylation sites is 1. The summed E-state index contributed by atoms with van der Waals surface area (Å²) in [5.41, 5.74) is 1.43. The van der Waals surface area contributed by atoms with E-state index in [9.17, 15) is 28.5 Å². The van der Waals surface area contributed by atoms with Gasteiger partial charge in [0.25, 0.3) is 5.91 Å². The van der Waals surface area contributed by atoms with Crippen molar-refractivity contribution in [2.75, 3.05) is 49.9 Å². The maximum absolute atomic E-state index is 13.1. The molecule has 2 amide bonds. The maximum Gasteiger partial charge on any atom is 0.407 e. The number of likely N-dealkylation sites (tertiary alicyclic amines) is 1. The van der Waals surface area contributed by atoms with Crippen molar-refractivity contribution in [1.29, 1.82) is 5.26 Å². The molecule has 2 aliphatic heterocycles. The third kappa shape index (κ3) is 4.73. The molecule has 0 aliphatic carbocycles. The predicted molar refractivity (Wildman–Crippen MR) is 110 cm³/mol. The van der Waals surface area contributed by atoms with Crippen molar-refractivity contribution >= 4 is 27.7 Å². The van der Waals surface area contributed by atoms with E-state index in [4.69, 9.17) is 5.11 Å². The topological polar surface area (TPSA) is 154 Å². The molecule has 1 aromatic rings. The van der Waals surface area contributed by atoms with E-state index in [2.05, 4.69) is 6.07 Å². The molecule has 2 heterocycles. The van der Waals surface area contributed by atoms with Crippen LogP contribution in [0.15, 0.2) is 24.3 Å². The van der Waals surface area contributed by atoms with E-state index < -0.39 is 33.2 Å². The fraction of sp³-hybridized carbons (Fsp3) is 0.526. The largest absolute Gasteiger partial charge is 0.465 e. The van der Waals surface area contributed by atoms with Gasteiger partial charge in [0.05, 0.1) is 22.4 Å². The lowest BCUT2D eigenvalue weighted by Crippen LogP contribution is -2.56. The number of carbonyl (C=O) groups is 2. The number of hydroxylamine groups is 1. The van der Waals surface area contributed by atoms with Gasteiger partial charge in [-0.2, -0.15) is 9.57 Å². The van der Waals surface area contributed by atoms with Crippen LogP contribution in [0.2, 0.25) is 0 Å². The zero-order valence-corrected chi connectivity index (χ0v) is 17.7. The molecular weight excluding hydrogens is 426 g/mol. The number of nitrogens with one attached hydrogen (secondary N) is 1. The average molecular weight is 452 g/mol. The first kappa shape index (κ1) is 22.8. The molecule has 31 heavy (non-hydrogen) atoms. The Morgan fingerprint density at radius 1 is 1.10 bits per heavy atom. The predicted octanol–water partition coefficient (Wildman–Crippen LogP) is 0.276. The Morgan fingerprint density at radius 3 is 2.26 bits per heavy atom. The van der Waals surface area contributed by atoms with Crippen LogP contribution >= 0.6 is 0 Å². The van der Waals surface area contributed by atoms with Gasteiger partial charge in [0.1, 0.15) is 6.07 Å². The van der Waals surface area contributed by atoms with Crippen molar-refractivity contribution in [3.05, 3.63) is 29.8 Å². The van der Waals surface area contributed by atoms with Gasteiger partial charge in [-0.15, -0.1) is 0 Å². The number of benzene rings is 1. The molecule has 168 valence electrons. The highest BCUT2D eigenvalue weighted by Gasteiger charge is 2.47. The monoisotopic (exact) mass is 451 g/mol. The number of carbonyl (C=O) groups excluding carboxylic acids is 1. The molecule has 3 rings (SSSR count). The summed E-state index contributed by atoms with van der Waals surface area (Å²) in [5, 5.41) is 27.6. The van der Waals surface area contributed by atoms with Crippen LogP contribution in [0.3, 0.4) is 0 Å². The lowest BCUT2D eigenvalue weighted by atomic mass is 9.79. The normalized spacial score (nSPS) is 19.5. The molecule has 0 saturated carbocycles. The molecule has 0 unspecified atom stereocenters. The number of piperazine rings is 1. The van der Waals surface area contributed by atoms with Crippen LogP contribution in [0, 0.1) is 16.7 Å². The van der Waals surface area contributed by atoms with Gasteiger partial charge >= 0.3 is 6.09 Å². The summed E-state index contributed by atoms with van der Waals surface area (Å²) in [5.74, 6) is -1.32. The average Bonchev–Trinajstić information content (AvgIpc) is 2.78. The Hall–Kier alpha value is -2.88. The van der Waals surface area contributed by atoms with E-state index >= 15 is 0 Å². The van der Waals surface area contributed by atoms with Gasteiger partial charge in [0.2, 0.25) is 10.0 Å². The number of hydrogen-bond donors (Lipinski definition) is 3. The zero-order valence-electron chi connectivity index (χ0n) is 16.9. The number of carboxylic acid groups (broad SMARTS) is 1. The highest BCUT2D eigenvalue weighted by atomic mass is 32.2. The Morgan fingerprint density at radius 2 is 1.71 bits per heavy atom. The molecule has 2 aliphatic rings. The maximum atomic E-state index is 13.1. The fourth-order valence-corrected chi connectivity index (χ4v) is 6.19. The summed E-state index contributed by atoms with van der Waals surface area (Å²) in [7, 11) is -3.85. The van der Waals surface area contributed by atoms with Crippen LogP contribution in [0.5, 0.6) is 0 Å². The molecule has 1 aromatic carbocycles. The zero-order chi connectivity index (χ0) is 22.6. The quantitative estimate of drug-likeness (QED) is 0.426. The fourth-order valence-electron chi connectivity index (χ4n) is 4.17. The molecule has 0 spiro atoms. The Balaban J connectivity index is 1.71. The molecule has 12 heteroatoms. The molecule has 0 aromatic heterocycles. The van der Waals surface area contributed by atoms with E-state index in [0.29, 0.717) is 18.7 Å². The standard InChI is InChI=1S/C19H25N5O6S/c20-13-15-3-1-2-4-16(15)22-9-11-24(12-10-22)31(29,30)14-19(17(25)21-28)5-7-23(8-6-19)18(26)27/h1-4,28H,5-12,14H2,(H,21,25)(H,26,27). The number of nitriles is 1. The Bertz CT molecular complexity index is 976. The van der Waals surface area contributed by atoms with Crippen molar-refractivity contribution in [1.82, 2.24) is 14.7 Å². The SMILES string of the molecule is N#Cc1ccccc1N1CCN(S(=O)(=O)CC2(C(=O)NO)CCN(C(=O)O)CC2)CC1. The van der Waals surface area contributed by atoms with Gasteiger partial charge in [0.15, 0.2) is 0 Å². The van der Waals surface area contributed by atoms with Crippen molar-refractivity contribution < 1.29 is 28.3 Å². The number of amides is 2. The number of rotatable bonds is 5. The highest BCUT2D eigenvalue weighted by Crippen LogP contribution is 2.35. The first-order chi connectivity index (χ1) is 14.7. The van der Waals surface area contributed by atoms with E-state index in [1.165, 1.54) is 4.31 Å². The molecule has 0 radical (unpaired) electrons. The molecule has 3 N–H and O–H groups in total. The van der Waals surface area contributed by atoms with Crippen LogP contribution in [0.4, 0.5) is 10.5 Å². The highest BCUT2D eigenvalue weighted by molar-refractivity contribution is 7.89. The number of hydrogen-bond acceptors (Lipinski definition) is 7. The minimum atomic E-state index is -3.85. The van der Waals surface area contributed by atoms with Crippen LogP contribution in [-0.2, 0) is 14.8 Å². The summed E-state index contributed by atoms with van der Waals surface area (Å²) in [4.78, 5) is 26.6. The summed E-state index contributed by atoms with van der Waals surface area (Å²) in [6.07, 6.45) is -1.13. The van der Waals surface area contributed by atoms with Crippen LogP contribution in [-0.4, -0.2) is 85.0 Å². The van der Waals surface area contributed by atoms with Gasteiger partial charge in [-0.25, -0.2) is 18.7 Å². The van der Waals surface area contributed by atoms with Crippen molar-refractivity contribution in [2.24, 2.45) is 5.41 Å². The number of piperidine rings is 1. The van der Waals surface area contributed by atoms with E-state index in [1.807, 2.05) is 17.0 Å². The van der Waals surface area contributed by atoms with E-state index in [-0.39, 0.29) is 39.0 Å². The summed E-state index contributed by atoms with van der Waals surface area (Å²) in [6.45, 7) is 1.20. The second kappa shape index (κ2) is 9.09. The third-order valence-corrected chi connectivity index (χ3v) is 8.10. The lowest BCUT2D eigenvalue weighted by Gasteiger charge is -2.41. The summed E-state index contributed by atoms with van der Waals surface area (Å²) >= 11 is 0. The van der Waals surface area contributed by atoms with Crippen LogP contribution < -0.4 is 10.4 Å². The lowest BCUT2D eigenvalue weighted by molar-refractivity contribution is -0.141. The molecule has 0 atom stereocenters. The van der Waals surface area contributed by atoms with Gasteiger partial charge in [-0.3, -0.25) is 10.0 Å². The van der Waals surface area contributed by atoms with Gasteiger partial charge in [-0.1, -0.05) is 12.1 Å².